The Morgan fingerprint density at radius 1 is 1.17 bits per heavy atom. The van der Waals surface area contributed by atoms with Gasteiger partial charge >= 0.3 is 0 Å². The molecule has 0 saturated carbocycles. The molecule has 0 amide bonds. The van der Waals surface area contributed by atoms with Gasteiger partial charge < -0.3 is 9.05 Å². The molecule has 0 bridgehead atoms. The molecule has 8 heteroatoms. The summed E-state index contributed by atoms with van der Waals surface area (Å²) in [5.41, 5.74) is 1.69. The third-order valence-corrected chi connectivity index (χ3v) is 6.56. The lowest BCUT2D eigenvalue weighted by Crippen LogP contribution is -2.38. The van der Waals surface area contributed by atoms with Crippen LogP contribution in [0.25, 0.3) is 11.0 Å². The van der Waals surface area contributed by atoms with E-state index in [0.29, 0.717) is 31.7 Å². The summed E-state index contributed by atoms with van der Waals surface area (Å²) in [6.45, 7) is 2.49. The number of aromatic nitrogens is 2. The zero-order valence-corrected chi connectivity index (χ0v) is 14.0. The predicted octanol–water partition coefficient (Wildman–Crippen LogP) is 2.69. The smallest absolute Gasteiger partial charge is 0.248 e. The average Bonchev–Trinajstić information content (AvgIpc) is 3.21. The fraction of sp³-hybridized carbons (Fsp3) is 0.375. The number of rotatable bonds is 3. The van der Waals surface area contributed by atoms with Crippen molar-refractivity contribution in [2.45, 2.75) is 30.6 Å². The SMILES string of the molecule is Cc1oncc1S(=O)(=O)N1CCC(c2noc3ccccc23)CC1. The minimum atomic E-state index is -3.55. The number of aryl methyl sites for hydroxylation is 1. The molecule has 1 aliphatic rings. The zero-order chi connectivity index (χ0) is 16.7. The van der Waals surface area contributed by atoms with E-state index in [1.165, 1.54) is 10.5 Å². The molecular weight excluding hydrogens is 330 g/mol. The highest BCUT2D eigenvalue weighted by Gasteiger charge is 2.33. The molecule has 126 valence electrons. The summed E-state index contributed by atoms with van der Waals surface area (Å²) in [7, 11) is -3.55. The summed E-state index contributed by atoms with van der Waals surface area (Å²) in [4.78, 5) is 0.146. The van der Waals surface area contributed by atoms with Crippen LogP contribution in [-0.4, -0.2) is 36.1 Å². The van der Waals surface area contributed by atoms with Crippen LogP contribution in [0.3, 0.4) is 0 Å². The highest BCUT2D eigenvalue weighted by atomic mass is 32.2. The Balaban J connectivity index is 1.54. The summed E-state index contributed by atoms with van der Waals surface area (Å²) in [6.07, 6.45) is 2.68. The van der Waals surface area contributed by atoms with Gasteiger partial charge in [0.15, 0.2) is 11.3 Å². The van der Waals surface area contributed by atoms with Crippen molar-refractivity contribution < 1.29 is 17.5 Å². The van der Waals surface area contributed by atoms with E-state index in [9.17, 15) is 8.42 Å². The standard InChI is InChI=1S/C16H17N3O4S/c1-11-15(10-17-22-11)24(20,21)19-8-6-12(7-9-19)16-13-4-2-3-5-14(13)23-18-16/h2-5,10,12H,6-9H2,1H3. The molecule has 7 nitrogen and oxygen atoms in total. The van der Waals surface area contributed by atoms with Gasteiger partial charge in [-0.25, -0.2) is 8.42 Å². The van der Waals surface area contributed by atoms with Crippen molar-refractivity contribution in [3.63, 3.8) is 0 Å². The number of hydrogen-bond donors (Lipinski definition) is 0. The molecule has 1 fully saturated rings. The average molecular weight is 347 g/mol. The van der Waals surface area contributed by atoms with Gasteiger partial charge in [-0.15, -0.1) is 0 Å². The van der Waals surface area contributed by atoms with E-state index in [-0.39, 0.29) is 10.8 Å². The van der Waals surface area contributed by atoms with Gasteiger partial charge in [0, 0.05) is 24.4 Å². The Bertz CT molecular complexity index is 968. The molecule has 0 aliphatic carbocycles. The molecular formula is C16H17N3O4S. The molecule has 0 atom stereocenters. The van der Waals surface area contributed by atoms with Gasteiger partial charge in [0.05, 0.1) is 11.9 Å². The molecule has 1 saturated heterocycles. The first-order valence-electron chi connectivity index (χ1n) is 7.83. The lowest BCUT2D eigenvalue weighted by molar-refractivity contribution is 0.309. The number of nitrogens with zero attached hydrogens (tertiary/aromatic N) is 3. The van der Waals surface area contributed by atoms with Crippen molar-refractivity contribution in [1.82, 2.24) is 14.6 Å². The monoisotopic (exact) mass is 347 g/mol. The highest BCUT2D eigenvalue weighted by Crippen LogP contribution is 2.34. The Kier molecular flexibility index (Phi) is 3.65. The van der Waals surface area contributed by atoms with Gasteiger partial charge in [-0.05, 0) is 31.9 Å². The Morgan fingerprint density at radius 2 is 1.92 bits per heavy atom. The molecule has 3 heterocycles. The molecule has 0 unspecified atom stereocenters. The third-order valence-electron chi connectivity index (χ3n) is 4.57. The quantitative estimate of drug-likeness (QED) is 0.723. The minimum Gasteiger partial charge on any atom is -0.360 e. The van der Waals surface area contributed by atoms with Crippen LogP contribution >= 0.6 is 0 Å². The van der Waals surface area contributed by atoms with Crippen LogP contribution in [0.2, 0.25) is 0 Å². The Morgan fingerprint density at radius 3 is 2.62 bits per heavy atom. The highest BCUT2D eigenvalue weighted by molar-refractivity contribution is 7.89. The van der Waals surface area contributed by atoms with E-state index >= 15 is 0 Å². The normalized spacial score (nSPS) is 17.5. The zero-order valence-electron chi connectivity index (χ0n) is 13.2. The van der Waals surface area contributed by atoms with Crippen molar-refractivity contribution in [2.75, 3.05) is 13.1 Å². The van der Waals surface area contributed by atoms with Crippen LogP contribution in [-0.2, 0) is 10.0 Å². The topological polar surface area (TPSA) is 89.4 Å². The van der Waals surface area contributed by atoms with Crippen LogP contribution in [0.1, 0.15) is 30.2 Å². The second-order valence-corrected chi connectivity index (χ2v) is 7.89. The lowest BCUT2D eigenvalue weighted by atomic mass is 9.93. The van der Waals surface area contributed by atoms with E-state index in [1.807, 2.05) is 24.3 Å². The van der Waals surface area contributed by atoms with Gasteiger partial charge in [0.1, 0.15) is 4.90 Å². The Hall–Kier alpha value is -2.19. The second kappa shape index (κ2) is 5.71. The second-order valence-electron chi connectivity index (χ2n) is 5.99. The van der Waals surface area contributed by atoms with E-state index < -0.39 is 10.0 Å². The maximum absolute atomic E-state index is 12.7. The van der Waals surface area contributed by atoms with Crippen LogP contribution in [0.15, 0.2) is 44.4 Å². The van der Waals surface area contributed by atoms with E-state index in [0.717, 1.165) is 16.7 Å². The number of piperidine rings is 1. The first-order valence-corrected chi connectivity index (χ1v) is 9.27. The number of para-hydroxylation sites is 1. The maximum atomic E-state index is 12.7. The molecule has 0 radical (unpaired) electrons. The number of fused-ring (bicyclic) bond motifs is 1. The largest absolute Gasteiger partial charge is 0.360 e. The van der Waals surface area contributed by atoms with Crippen LogP contribution < -0.4 is 0 Å². The van der Waals surface area contributed by atoms with Crippen molar-refractivity contribution in [1.29, 1.82) is 0 Å². The molecule has 2 aromatic heterocycles. The molecule has 0 spiro atoms. The fourth-order valence-electron chi connectivity index (χ4n) is 3.25. The number of benzene rings is 1. The predicted molar refractivity (Wildman–Crippen MR) is 86.0 cm³/mol. The van der Waals surface area contributed by atoms with Crippen molar-refractivity contribution in [2.24, 2.45) is 0 Å². The van der Waals surface area contributed by atoms with E-state index in [2.05, 4.69) is 10.3 Å². The molecule has 1 aliphatic heterocycles. The Labute approximate surface area is 139 Å². The van der Waals surface area contributed by atoms with Crippen molar-refractivity contribution >= 4 is 21.0 Å². The van der Waals surface area contributed by atoms with Gasteiger partial charge in [0.25, 0.3) is 0 Å². The van der Waals surface area contributed by atoms with E-state index in [1.54, 1.807) is 6.92 Å². The summed E-state index contributed by atoms with van der Waals surface area (Å²) >= 11 is 0. The minimum absolute atomic E-state index is 0.146. The first-order chi connectivity index (χ1) is 11.6. The molecule has 24 heavy (non-hydrogen) atoms. The summed E-state index contributed by atoms with van der Waals surface area (Å²) in [6, 6.07) is 7.75. The van der Waals surface area contributed by atoms with Crippen LogP contribution in [0.5, 0.6) is 0 Å². The van der Waals surface area contributed by atoms with Crippen molar-refractivity contribution in [3.8, 4) is 0 Å². The lowest BCUT2D eigenvalue weighted by Gasteiger charge is -2.30. The maximum Gasteiger partial charge on any atom is 0.248 e. The number of sulfonamides is 1. The van der Waals surface area contributed by atoms with Crippen molar-refractivity contribution in [3.05, 3.63) is 41.9 Å². The molecule has 4 rings (SSSR count). The summed E-state index contributed by atoms with van der Waals surface area (Å²) < 4.78 is 37.1. The third kappa shape index (κ3) is 2.42. The van der Waals surface area contributed by atoms with Gasteiger partial charge in [-0.2, -0.15) is 4.31 Å². The van der Waals surface area contributed by atoms with Crippen LogP contribution in [0, 0.1) is 6.92 Å². The molecule has 1 aromatic carbocycles. The van der Waals surface area contributed by atoms with Gasteiger partial charge in [-0.1, -0.05) is 22.4 Å². The van der Waals surface area contributed by atoms with Gasteiger partial charge in [-0.3, -0.25) is 0 Å². The fourth-order valence-corrected chi connectivity index (χ4v) is 4.79. The van der Waals surface area contributed by atoms with E-state index in [4.69, 9.17) is 9.05 Å². The summed E-state index contributed by atoms with van der Waals surface area (Å²) in [5, 5.41) is 8.78. The summed E-state index contributed by atoms with van der Waals surface area (Å²) in [5.74, 6) is 0.517. The molecule has 0 N–H and O–H groups in total. The first kappa shape index (κ1) is 15.3. The van der Waals surface area contributed by atoms with Gasteiger partial charge in [0.2, 0.25) is 10.0 Å². The molecule has 3 aromatic rings. The van der Waals surface area contributed by atoms with Crippen LogP contribution in [0.4, 0.5) is 0 Å². The number of hydrogen-bond acceptors (Lipinski definition) is 6.